The summed E-state index contributed by atoms with van der Waals surface area (Å²) >= 11 is 2.02. The maximum atomic E-state index is 12.4. The highest BCUT2D eigenvalue weighted by molar-refractivity contribution is 14.1. The summed E-state index contributed by atoms with van der Waals surface area (Å²) in [5, 5.41) is 2.80. The molecule has 0 bridgehead atoms. The molecular weight excluding hydrogens is 441 g/mol. The van der Waals surface area contributed by atoms with Crippen LogP contribution >= 0.6 is 22.6 Å². The summed E-state index contributed by atoms with van der Waals surface area (Å²) in [5.41, 5.74) is 1.23. The van der Waals surface area contributed by atoms with E-state index < -0.39 is 10.0 Å². The van der Waals surface area contributed by atoms with Crippen LogP contribution < -0.4 is 5.32 Å². The zero-order chi connectivity index (χ0) is 17.7. The highest BCUT2D eigenvalue weighted by Gasteiger charge is 2.20. The molecule has 1 aromatic heterocycles. The molecule has 0 unspecified atom stereocenters. The number of nitrogens with zero attached hydrogens (tertiary/aromatic N) is 2. The normalized spacial score (nSPS) is 11.5. The van der Waals surface area contributed by atoms with Crippen molar-refractivity contribution in [2.24, 2.45) is 0 Å². The van der Waals surface area contributed by atoms with Crippen molar-refractivity contribution in [2.45, 2.75) is 11.3 Å². The molecule has 0 saturated heterocycles. The van der Waals surface area contributed by atoms with Crippen LogP contribution in [0, 0.1) is 3.57 Å². The molecular formula is C16H18IN3O3S. The number of halogens is 1. The van der Waals surface area contributed by atoms with Gasteiger partial charge in [-0.3, -0.25) is 9.78 Å². The first-order valence-electron chi connectivity index (χ1n) is 7.22. The molecule has 2 aromatic rings. The van der Waals surface area contributed by atoms with Crippen molar-refractivity contribution < 1.29 is 13.2 Å². The number of nitrogens with one attached hydrogen (secondary N) is 1. The summed E-state index contributed by atoms with van der Waals surface area (Å²) in [4.78, 5) is 16.7. The van der Waals surface area contributed by atoms with Gasteiger partial charge in [-0.1, -0.05) is 6.07 Å². The molecule has 24 heavy (non-hydrogen) atoms. The van der Waals surface area contributed by atoms with E-state index in [1.165, 1.54) is 26.2 Å². The summed E-state index contributed by atoms with van der Waals surface area (Å²) in [5.74, 6) is -0.300. The molecule has 0 radical (unpaired) electrons. The van der Waals surface area contributed by atoms with E-state index in [1.807, 2.05) is 40.8 Å². The summed E-state index contributed by atoms with van der Waals surface area (Å²) in [6.07, 6.45) is 2.31. The van der Waals surface area contributed by atoms with Gasteiger partial charge in [0.1, 0.15) is 0 Å². The molecule has 1 amide bonds. The number of sulfonamides is 1. The number of aromatic nitrogens is 1. The highest BCUT2D eigenvalue weighted by atomic mass is 127. The number of rotatable bonds is 6. The Kier molecular flexibility index (Phi) is 6.30. The van der Waals surface area contributed by atoms with Crippen molar-refractivity contribution in [2.75, 3.05) is 20.6 Å². The second-order valence-electron chi connectivity index (χ2n) is 5.26. The summed E-state index contributed by atoms with van der Waals surface area (Å²) in [6, 6.07) is 10.2. The van der Waals surface area contributed by atoms with E-state index >= 15 is 0 Å². The summed E-state index contributed by atoms with van der Waals surface area (Å²) in [7, 11) is -0.657. The number of hydrogen-bond donors (Lipinski definition) is 1. The molecule has 2 rings (SSSR count). The van der Waals surface area contributed by atoms with Crippen LogP contribution in [0.5, 0.6) is 0 Å². The molecule has 0 saturated carbocycles. The van der Waals surface area contributed by atoms with E-state index in [-0.39, 0.29) is 10.8 Å². The molecule has 6 nitrogen and oxygen atoms in total. The van der Waals surface area contributed by atoms with E-state index in [0.29, 0.717) is 22.1 Å². The fourth-order valence-electron chi connectivity index (χ4n) is 1.99. The minimum atomic E-state index is -3.57. The van der Waals surface area contributed by atoms with E-state index in [2.05, 4.69) is 10.3 Å². The molecule has 8 heteroatoms. The van der Waals surface area contributed by atoms with Gasteiger partial charge in [0.05, 0.1) is 10.5 Å². The van der Waals surface area contributed by atoms with Crippen molar-refractivity contribution in [3.05, 3.63) is 57.4 Å². The number of benzene rings is 1. The van der Waals surface area contributed by atoms with Gasteiger partial charge in [-0.05, 0) is 52.9 Å². The van der Waals surface area contributed by atoms with E-state index in [1.54, 1.807) is 12.3 Å². The van der Waals surface area contributed by atoms with Gasteiger partial charge in [0.15, 0.2) is 0 Å². The Morgan fingerprint density at radius 2 is 2.00 bits per heavy atom. The molecule has 1 N–H and O–H groups in total. The lowest BCUT2D eigenvalue weighted by Crippen LogP contribution is -2.27. The predicted molar refractivity (Wildman–Crippen MR) is 100 cm³/mol. The number of hydrogen-bond acceptors (Lipinski definition) is 4. The van der Waals surface area contributed by atoms with Crippen LogP contribution in [0.15, 0.2) is 47.5 Å². The average Bonchev–Trinajstić information content (AvgIpc) is 2.55. The second kappa shape index (κ2) is 8.04. The monoisotopic (exact) mass is 459 g/mol. The Hall–Kier alpha value is -1.52. The van der Waals surface area contributed by atoms with E-state index in [4.69, 9.17) is 0 Å². The number of amides is 1. The van der Waals surface area contributed by atoms with Crippen LogP contribution in [-0.4, -0.2) is 44.3 Å². The first-order valence-corrected chi connectivity index (χ1v) is 9.74. The van der Waals surface area contributed by atoms with Gasteiger partial charge in [-0.25, -0.2) is 12.7 Å². The van der Waals surface area contributed by atoms with Gasteiger partial charge in [-0.2, -0.15) is 0 Å². The third-order valence-corrected chi connectivity index (χ3v) is 6.11. The van der Waals surface area contributed by atoms with E-state index in [9.17, 15) is 13.2 Å². The Morgan fingerprint density at radius 1 is 1.25 bits per heavy atom. The first-order chi connectivity index (χ1) is 11.3. The van der Waals surface area contributed by atoms with Crippen LogP contribution in [0.3, 0.4) is 0 Å². The Morgan fingerprint density at radius 3 is 2.62 bits per heavy atom. The lowest BCUT2D eigenvalue weighted by Gasteiger charge is -2.13. The zero-order valence-electron chi connectivity index (χ0n) is 13.4. The molecule has 0 spiro atoms. The third-order valence-electron chi connectivity index (χ3n) is 3.35. The predicted octanol–water partition coefficient (Wildman–Crippen LogP) is 1.91. The Balaban J connectivity index is 2.11. The first kappa shape index (κ1) is 18.8. The molecule has 0 aliphatic carbocycles. The minimum Gasteiger partial charge on any atom is -0.352 e. The third kappa shape index (κ3) is 4.52. The fraction of sp³-hybridized carbons (Fsp3) is 0.250. The molecule has 1 aromatic carbocycles. The fourth-order valence-corrected chi connectivity index (χ4v) is 3.50. The van der Waals surface area contributed by atoms with Crippen LogP contribution in [0.4, 0.5) is 0 Å². The van der Waals surface area contributed by atoms with Gasteiger partial charge < -0.3 is 5.32 Å². The summed E-state index contributed by atoms with van der Waals surface area (Å²) in [6.45, 7) is 0.427. The molecule has 0 aliphatic heterocycles. The van der Waals surface area contributed by atoms with Gasteiger partial charge in [0.2, 0.25) is 10.0 Å². The largest absolute Gasteiger partial charge is 0.352 e. The Bertz CT molecular complexity index is 824. The van der Waals surface area contributed by atoms with Crippen LogP contribution in [0.2, 0.25) is 0 Å². The van der Waals surface area contributed by atoms with Crippen LogP contribution in [-0.2, 0) is 16.4 Å². The zero-order valence-corrected chi connectivity index (χ0v) is 16.3. The van der Waals surface area contributed by atoms with Gasteiger partial charge in [0.25, 0.3) is 5.91 Å². The van der Waals surface area contributed by atoms with Gasteiger partial charge in [0, 0.05) is 42.5 Å². The highest BCUT2D eigenvalue weighted by Crippen LogP contribution is 2.20. The SMILES string of the molecule is CN(C)S(=O)(=O)c1ccc(I)c(C(=O)NCCc2ccccn2)c1. The van der Waals surface area contributed by atoms with Crippen molar-refractivity contribution >= 4 is 38.5 Å². The lowest BCUT2D eigenvalue weighted by atomic mass is 10.2. The minimum absolute atomic E-state index is 0.0998. The summed E-state index contributed by atoms with van der Waals surface area (Å²) < 4.78 is 26.2. The number of carbonyl (C=O) groups is 1. The van der Waals surface area contributed by atoms with Gasteiger partial charge in [-0.15, -0.1) is 0 Å². The van der Waals surface area contributed by atoms with Gasteiger partial charge >= 0.3 is 0 Å². The standard InChI is InChI=1S/C16H18IN3O3S/c1-20(2)24(22,23)13-6-7-15(17)14(11-13)16(21)19-10-8-12-5-3-4-9-18-12/h3-7,9,11H,8,10H2,1-2H3,(H,19,21). The molecule has 0 fully saturated rings. The van der Waals surface area contributed by atoms with Crippen molar-refractivity contribution in [3.8, 4) is 0 Å². The molecule has 0 atom stereocenters. The maximum absolute atomic E-state index is 12.4. The Labute approximate surface area is 155 Å². The van der Waals surface area contributed by atoms with Crippen molar-refractivity contribution in [1.82, 2.24) is 14.6 Å². The quantitative estimate of drug-likeness (QED) is 0.670. The molecule has 0 aliphatic rings. The van der Waals surface area contributed by atoms with E-state index in [0.717, 1.165) is 10.00 Å². The van der Waals surface area contributed by atoms with Crippen LogP contribution in [0.1, 0.15) is 16.1 Å². The topological polar surface area (TPSA) is 79.4 Å². The molecule has 1 heterocycles. The number of pyridine rings is 1. The lowest BCUT2D eigenvalue weighted by molar-refractivity contribution is 0.0953. The number of carbonyl (C=O) groups excluding carboxylic acids is 1. The smallest absolute Gasteiger partial charge is 0.252 e. The second-order valence-corrected chi connectivity index (χ2v) is 8.57. The van der Waals surface area contributed by atoms with Crippen molar-refractivity contribution in [1.29, 1.82) is 0 Å². The average molecular weight is 459 g/mol. The van der Waals surface area contributed by atoms with Crippen LogP contribution in [0.25, 0.3) is 0 Å². The molecule has 128 valence electrons. The maximum Gasteiger partial charge on any atom is 0.252 e. The van der Waals surface area contributed by atoms with Crippen molar-refractivity contribution in [3.63, 3.8) is 0 Å².